The summed E-state index contributed by atoms with van der Waals surface area (Å²) in [5.41, 5.74) is 0.534. The Morgan fingerprint density at radius 2 is 1.68 bits per heavy atom. The largest absolute Gasteiger partial charge is 0.457 e. The molecule has 0 atom stereocenters. The average molecular weight is 445 g/mol. The summed E-state index contributed by atoms with van der Waals surface area (Å²) in [6.07, 6.45) is -4.68. The van der Waals surface area contributed by atoms with Crippen LogP contribution in [0.4, 0.5) is 18.9 Å². The third-order valence-corrected chi connectivity index (χ3v) is 4.88. The van der Waals surface area contributed by atoms with Crippen LogP contribution in [-0.2, 0) is 11.0 Å². The Kier molecular flexibility index (Phi) is 5.76. The van der Waals surface area contributed by atoms with Gasteiger partial charge >= 0.3 is 6.18 Å². The van der Waals surface area contributed by atoms with Gasteiger partial charge in [-0.25, -0.2) is 0 Å². The second-order valence-corrected chi connectivity index (χ2v) is 7.23. The molecule has 1 N–H and O–H groups in total. The van der Waals surface area contributed by atoms with Crippen LogP contribution in [0, 0.1) is 0 Å². The van der Waals surface area contributed by atoms with Gasteiger partial charge < -0.3 is 10.1 Å². The summed E-state index contributed by atoms with van der Waals surface area (Å²) in [5.74, 6) is -0.271. The Balaban J connectivity index is 1.35. The van der Waals surface area contributed by atoms with Gasteiger partial charge in [-0.3, -0.25) is 4.79 Å². The summed E-state index contributed by atoms with van der Waals surface area (Å²) in [6.45, 7) is 0. The van der Waals surface area contributed by atoms with Crippen LogP contribution in [0.5, 0.6) is 11.5 Å². The molecule has 2 heterocycles. The fraction of sp³-hybridized carbons (Fsp3) is 0.100. The van der Waals surface area contributed by atoms with E-state index in [9.17, 15) is 18.0 Å². The zero-order valence-corrected chi connectivity index (χ0v) is 16.5. The van der Waals surface area contributed by atoms with Gasteiger partial charge in [0.2, 0.25) is 5.91 Å². The molecule has 0 saturated carbocycles. The second-order valence-electron chi connectivity index (χ2n) is 6.24. The number of rotatable bonds is 6. The van der Waals surface area contributed by atoms with Crippen molar-refractivity contribution in [3.63, 3.8) is 0 Å². The molecule has 11 heteroatoms. The molecule has 0 bridgehead atoms. The lowest BCUT2D eigenvalue weighted by Gasteiger charge is -2.08. The van der Waals surface area contributed by atoms with E-state index in [0.29, 0.717) is 21.7 Å². The van der Waals surface area contributed by atoms with E-state index in [1.165, 1.54) is 12.1 Å². The van der Waals surface area contributed by atoms with Crippen LogP contribution < -0.4 is 10.1 Å². The third kappa shape index (κ3) is 5.12. The molecule has 4 aromatic rings. The molecule has 31 heavy (non-hydrogen) atoms. The van der Waals surface area contributed by atoms with E-state index < -0.39 is 12.0 Å². The number of alkyl halides is 3. The first-order valence-electron chi connectivity index (χ1n) is 8.94. The van der Waals surface area contributed by atoms with Gasteiger partial charge in [0.05, 0.1) is 5.75 Å². The maximum atomic E-state index is 12.9. The van der Waals surface area contributed by atoms with Crippen molar-refractivity contribution in [2.75, 3.05) is 11.1 Å². The van der Waals surface area contributed by atoms with Gasteiger partial charge in [0.25, 0.3) is 5.82 Å². The minimum Gasteiger partial charge on any atom is -0.457 e. The van der Waals surface area contributed by atoms with Crippen LogP contribution in [0.1, 0.15) is 5.82 Å². The van der Waals surface area contributed by atoms with Gasteiger partial charge in [0.15, 0.2) is 5.65 Å². The first kappa shape index (κ1) is 20.7. The van der Waals surface area contributed by atoms with Gasteiger partial charge in [-0.2, -0.15) is 22.8 Å². The Morgan fingerprint density at radius 1 is 0.968 bits per heavy atom. The van der Waals surface area contributed by atoms with Crippen molar-refractivity contribution in [1.82, 2.24) is 19.8 Å². The number of amides is 1. The average Bonchev–Trinajstić information content (AvgIpc) is 3.18. The number of benzene rings is 2. The lowest BCUT2D eigenvalue weighted by molar-refractivity contribution is -0.146. The number of nitrogens with zero attached hydrogens (tertiary/aromatic N) is 4. The van der Waals surface area contributed by atoms with Gasteiger partial charge in [-0.05, 0) is 48.5 Å². The van der Waals surface area contributed by atoms with Gasteiger partial charge in [-0.15, -0.1) is 10.2 Å². The van der Waals surface area contributed by atoms with E-state index in [-0.39, 0.29) is 22.3 Å². The molecule has 0 aliphatic heterocycles. The molecular weight excluding hydrogens is 431 g/mol. The maximum Gasteiger partial charge on any atom is 0.453 e. The molecule has 1 amide bonds. The van der Waals surface area contributed by atoms with E-state index in [1.54, 1.807) is 24.3 Å². The number of ether oxygens (including phenoxy) is 1. The summed E-state index contributed by atoms with van der Waals surface area (Å²) in [4.78, 5) is 12.2. The van der Waals surface area contributed by atoms with Crippen LogP contribution in [0.15, 0.2) is 71.8 Å². The lowest BCUT2D eigenvalue weighted by Crippen LogP contribution is -2.15. The van der Waals surface area contributed by atoms with Gasteiger partial charge in [0, 0.05) is 5.69 Å². The normalized spacial score (nSPS) is 11.5. The van der Waals surface area contributed by atoms with Crippen molar-refractivity contribution >= 4 is 29.0 Å². The first-order chi connectivity index (χ1) is 14.9. The molecule has 7 nitrogen and oxygen atoms in total. The molecule has 2 aromatic heterocycles. The molecule has 0 radical (unpaired) electrons. The number of nitrogens with one attached hydrogen (secondary N) is 1. The monoisotopic (exact) mass is 445 g/mol. The highest BCUT2D eigenvalue weighted by Crippen LogP contribution is 2.28. The summed E-state index contributed by atoms with van der Waals surface area (Å²) in [6, 6.07) is 18.9. The zero-order chi connectivity index (χ0) is 21.8. The van der Waals surface area contributed by atoms with Crippen LogP contribution >= 0.6 is 11.8 Å². The number of halogens is 3. The van der Waals surface area contributed by atoms with Crippen molar-refractivity contribution in [2.24, 2.45) is 0 Å². The number of carbonyl (C=O) groups excluding carboxylic acids is 1. The SMILES string of the molecule is O=C(CSc1ccc2nnc(C(F)(F)F)n2n1)Nc1ccc(Oc2ccccc2)cc1. The van der Waals surface area contributed by atoms with E-state index in [0.717, 1.165) is 11.8 Å². The number of hydrogen-bond acceptors (Lipinski definition) is 6. The summed E-state index contributed by atoms with van der Waals surface area (Å²) in [7, 11) is 0. The highest BCUT2D eigenvalue weighted by Gasteiger charge is 2.37. The molecular formula is C20H14F3N5O2S. The molecule has 0 aliphatic carbocycles. The topological polar surface area (TPSA) is 81.4 Å². The molecule has 0 saturated heterocycles. The smallest absolute Gasteiger partial charge is 0.453 e. The van der Waals surface area contributed by atoms with Crippen LogP contribution in [0.25, 0.3) is 5.65 Å². The Hall–Kier alpha value is -3.60. The molecule has 0 aliphatic rings. The van der Waals surface area contributed by atoms with Crippen LogP contribution in [-0.4, -0.2) is 31.5 Å². The van der Waals surface area contributed by atoms with Gasteiger partial charge in [0.1, 0.15) is 16.5 Å². The van der Waals surface area contributed by atoms with E-state index in [4.69, 9.17) is 4.74 Å². The minimum absolute atomic E-state index is 0.0288. The number of carbonyl (C=O) groups is 1. The summed E-state index contributed by atoms with van der Waals surface area (Å²) < 4.78 is 45.1. The Labute approximate surface area is 178 Å². The van der Waals surface area contributed by atoms with Crippen LogP contribution in [0.3, 0.4) is 0 Å². The van der Waals surface area contributed by atoms with Gasteiger partial charge in [-0.1, -0.05) is 30.0 Å². The predicted molar refractivity (Wildman–Crippen MR) is 108 cm³/mol. The lowest BCUT2D eigenvalue weighted by atomic mass is 10.3. The zero-order valence-electron chi connectivity index (χ0n) is 15.7. The fourth-order valence-corrected chi connectivity index (χ4v) is 3.25. The molecule has 0 spiro atoms. The molecule has 4 rings (SSSR count). The van der Waals surface area contributed by atoms with E-state index >= 15 is 0 Å². The summed E-state index contributed by atoms with van der Waals surface area (Å²) >= 11 is 0.999. The number of hydrogen-bond donors (Lipinski definition) is 1. The fourth-order valence-electron chi connectivity index (χ4n) is 2.59. The molecule has 0 unspecified atom stereocenters. The molecule has 2 aromatic carbocycles. The number of fused-ring (bicyclic) bond motifs is 1. The number of para-hydroxylation sites is 1. The van der Waals surface area contributed by atoms with Crippen LogP contribution in [0.2, 0.25) is 0 Å². The minimum atomic E-state index is -4.68. The Bertz CT molecular complexity index is 1200. The van der Waals surface area contributed by atoms with Crippen molar-refractivity contribution in [2.45, 2.75) is 11.2 Å². The standard InChI is InChI=1S/C20H14F3N5O2S/c21-20(22,23)19-26-25-16-10-11-18(27-28(16)19)31-12-17(29)24-13-6-8-15(9-7-13)30-14-4-2-1-3-5-14/h1-11H,12H2,(H,24,29). The highest BCUT2D eigenvalue weighted by molar-refractivity contribution is 7.99. The van der Waals surface area contributed by atoms with Crippen molar-refractivity contribution < 1.29 is 22.7 Å². The number of aromatic nitrogens is 4. The molecule has 0 fully saturated rings. The quantitative estimate of drug-likeness (QED) is 0.435. The van der Waals surface area contributed by atoms with Crippen molar-refractivity contribution in [3.8, 4) is 11.5 Å². The third-order valence-electron chi connectivity index (χ3n) is 3.96. The maximum absolute atomic E-state index is 12.9. The highest BCUT2D eigenvalue weighted by atomic mass is 32.2. The molecule has 158 valence electrons. The van der Waals surface area contributed by atoms with E-state index in [2.05, 4.69) is 20.6 Å². The number of thioether (sulfide) groups is 1. The second kappa shape index (κ2) is 8.64. The first-order valence-corrected chi connectivity index (χ1v) is 9.92. The predicted octanol–water partition coefficient (Wildman–Crippen LogP) is 4.67. The van der Waals surface area contributed by atoms with Crippen molar-refractivity contribution in [1.29, 1.82) is 0 Å². The Morgan fingerprint density at radius 3 is 2.39 bits per heavy atom. The van der Waals surface area contributed by atoms with E-state index in [1.807, 2.05) is 30.3 Å². The number of anilines is 1. The summed E-state index contributed by atoms with van der Waals surface area (Å²) in [5, 5.41) is 13.4. The van der Waals surface area contributed by atoms with Crippen molar-refractivity contribution in [3.05, 3.63) is 72.6 Å².